The lowest BCUT2D eigenvalue weighted by molar-refractivity contribution is 0.0684. The lowest BCUT2D eigenvalue weighted by atomic mass is 9.93. The molecule has 2 aromatic carbocycles. The predicted molar refractivity (Wildman–Crippen MR) is 85.0 cm³/mol. The molecular weight excluding hydrogens is 332 g/mol. The number of benzene rings is 2. The second-order valence-corrected chi connectivity index (χ2v) is 5.08. The van der Waals surface area contributed by atoms with Gasteiger partial charge in [-0.15, -0.1) is 0 Å². The van der Waals surface area contributed by atoms with Gasteiger partial charge in [0.25, 0.3) is 0 Å². The normalized spacial score (nSPS) is 11.9. The highest BCUT2D eigenvalue weighted by molar-refractivity contribution is 6.05. The van der Waals surface area contributed by atoms with E-state index in [9.17, 15) is 19.8 Å². The Morgan fingerprint density at radius 2 is 1.60 bits per heavy atom. The molecule has 0 aromatic heterocycles. The van der Waals surface area contributed by atoms with Crippen molar-refractivity contribution in [2.45, 2.75) is 0 Å². The van der Waals surface area contributed by atoms with E-state index in [0.29, 0.717) is 5.75 Å². The van der Waals surface area contributed by atoms with Gasteiger partial charge in [-0.2, -0.15) is 0 Å². The molecule has 0 aliphatic carbocycles. The third-order valence-corrected chi connectivity index (χ3v) is 3.79. The van der Waals surface area contributed by atoms with Crippen molar-refractivity contribution in [2.24, 2.45) is 0 Å². The molecule has 130 valence electrons. The Labute approximate surface area is 142 Å². The van der Waals surface area contributed by atoms with Gasteiger partial charge < -0.3 is 29.2 Å². The summed E-state index contributed by atoms with van der Waals surface area (Å²) in [6.07, 6.45) is 0. The van der Waals surface area contributed by atoms with Crippen LogP contribution in [0.1, 0.15) is 20.7 Å². The number of hydrogen-bond acceptors (Lipinski definition) is 6. The van der Waals surface area contributed by atoms with E-state index in [-0.39, 0.29) is 46.3 Å². The van der Waals surface area contributed by atoms with Gasteiger partial charge in [0.2, 0.25) is 6.79 Å². The van der Waals surface area contributed by atoms with Gasteiger partial charge in [0, 0.05) is 11.1 Å². The van der Waals surface area contributed by atoms with Gasteiger partial charge in [-0.3, -0.25) is 0 Å². The van der Waals surface area contributed by atoms with E-state index in [0.717, 1.165) is 0 Å². The first-order valence-corrected chi connectivity index (χ1v) is 7.13. The van der Waals surface area contributed by atoms with E-state index in [4.69, 9.17) is 18.9 Å². The summed E-state index contributed by atoms with van der Waals surface area (Å²) in [6, 6.07) is 5.49. The SMILES string of the molecule is COc1cc(C(=O)O)c(-c2c(C(=O)O)ccc3c2OCO3)cc1OC. The van der Waals surface area contributed by atoms with E-state index in [1.165, 1.54) is 38.5 Å². The number of carboxylic acid groups (broad SMARTS) is 2. The Morgan fingerprint density at radius 3 is 2.20 bits per heavy atom. The van der Waals surface area contributed by atoms with Gasteiger partial charge in [-0.1, -0.05) is 0 Å². The van der Waals surface area contributed by atoms with Crippen LogP contribution in [-0.2, 0) is 0 Å². The van der Waals surface area contributed by atoms with Crippen LogP contribution in [0.5, 0.6) is 23.0 Å². The molecule has 0 bridgehead atoms. The summed E-state index contributed by atoms with van der Waals surface area (Å²) in [7, 11) is 2.78. The zero-order chi connectivity index (χ0) is 18.1. The molecule has 3 rings (SSSR count). The molecule has 1 aliphatic rings. The zero-order valence-electron chi connectivity index (χ0n) is 13.4. The summed E-state index contributed by atoms with van der Waals surface area (Å²) in [5.74, 6) is -1.48. The second-order valence-electron chi connectivity index (χ2n) is 5.08. The quantitative estimate of drug-likeness (QED) is 0.849. The zero-order valence-corrected chi connectivity index (χ0v) is 13.4. The van der Waals surface area contributed by atoms with E-state index in [2.05, 4.69) is 0 Å². The van der Waals surface area contributed by atoms with Crippen LogP contribution in [0, 0.1) is 0 Å². The summed E-state index contributed by atoms with van der Waals surface area (Å²) >= 11 is 0. The summed E-state index contributed by atoms with van der Waals surface area (Å²) in [4.78, 5) is 23.4. The molecule has 25 heavy (non-hydrogen) atoms. The minimum absolute atomic E-state index is 0.0822. The fraction of sp³-hybridized carbons (Fsp3) is 0.176. The van der Waals surface area contributed by atoms with Crippen molar-refractivity contribution in [1.29, 1.82) is 0 Å². The first-order chi connectivity index (χ1) is 12.0. The van der Waals surface area contributed by atoms with Crippen LogP contribution in [0.2, 0.25) is 0 Å². The van der Waals surface area contributed by atoms with Gasteiger partial charge in [0.1, 0.15) is 0 Å². The fourth-order valence-electron chi connectivity index (χ4n) is 2.68. The van der Waals surface area contributed by atoms with E-state index < -0.39 is 11.9 Å². The molecule has 0 atom stereocenters. The van der Waals surface area contributed by atoms with Crippen LogP contribution in [0.4, 0.5) is 0 Å². The molecule has 0 radical (unpaired) electrons. The Kier molecular flexibility index (Phi) is 4.10. The Balaban J connectivity index is 2.38. The molecule has 0 fully saturated rings. The lowest BCUT2D eigenvalue weighted by Gasteiger charge is -2.16. The van der Waals surface area contributed by atoms with Crippen molar-refractivity contribution in [3.8, 4) is 34.1 Å². The molecule has 0 unspecified atom stereocenters. The maximum absolute atomic E-state index is 11.7. The second kappa shape index (κ2) is 6.23. The average Bonchev–Trinajstić information content (AvgIpc) is 3.08. The molecule has 1 heterocycles. The molecule has 2 aromatic rings. The van der Waals surface area contributed by atoms with Crippen molar-refractivity contribution >= 4 is 11.9 Å². The number of ether oxygens (including phenoxy) is 4. The van der Waals surface area contributed by atoms with Crippen LogP contribution < -0.4 is 18.9 Å². The number of fused-ring (bicyclic) bond motifs is 1. The lowest BCUT2D eigenvalue weighted by Crippen LogP contribution is -2.06. The topological polar surface area (TPSA) is 112 Å². The van der Waals surface area contributed by atoms with Crippen molar-refractivity contribution < 1.29 is 38.7 Å². The first-order valence-electron chi connectivity index (χ1n) is 7.13. The number of carboxylic acids is 2. The number of carbonyl (C=O) groups is 2. The Morgan fingerprint density at radius 1 is 0.960 bits per heavy atom. The molecule has 8 heteroatoms. The van der Waals surface area contributed by atoms with Gasteiger partial charge >= 0.3 is 11.9 Å². The molecule has 0 saturated heterocycles. The van der Waals surface area contributed by atoms with Crippen LogP contribution in [-0.4, -0.2) is 43.2 Å². The maximum Gasteiger partial charge on any atom is 0.336 e. The van der Waals surface area contributed by atoms with E-state index in [1.54, 1.807) is 0 Å². The highest BCUT2D eigenvalue weighted by atomic mass is 16.7. The van der Waals surface area contributed by atoms with Crippen LogP contribution >= 0.6 is 0 Å². The molecular formula is C17H14O8. The van der Waals surface area contributed by atoms with Crippen LogP contribution in [0.15, 0.2) is 24.3 Å². The van der Waals surface area contributed by atoms with Gasteiger partial charge in [-0.05, 0) is 24.3 Å². The van der Waals surface area contributed by atoms with Crippen molar-refractivity contribution in [2.75, 3.05) is 21.0 Å². The van der Waals surface area contributed by atoms with Gasteiger partial charge in [-0.25, -0.2) is 9.59 Å². The Hall–Kier alpha value is -3.42. The summed E-state index contributed by atoms with van der Waals surface area (Å²) in [6.45, 7) is -0.0822. The van der Waals surface area contributed by atoms with Crippen molar-refractivity contribution in [3.05, 3.63) is 35.4 Å². The first kappa shape index (κ1) is 16.4. The molecule has 2 N–H and O–H groups in total. The van der Waals surface area contributed by atoms with Crippen molar-refractivity contribution in [3.63, 3.8) is 0 Å². The van der Waals surface area contributed by atoms with Crippen LogP contribution in [0.25, 0.3) is 11.1 Å². The summed E-state index contributed by atoms with van der Waals surface area (Å²) < 4.78 is 21.0. The summed E-state index contributed by atoms with van der Waals surface area (Å²) in [5, 5.41) is 19.1. The highest BCUT2D eigenvalue weighted by Gasteiger charge is 2.29. The monoisotopic (exact) mass is 346 g/mol. The standard InChI is InChI=1S/C17H14O8/c1-22-12-5-9(10(17(20)21)6-13(12)23-2)14-8(16(18)19)3-4-11-15(14)25-7-24-11/h3-6H,7H2,1-2H3,(H,18,19)(H,20,21). The molecule has 8 nitrogen and oxygen atoms in total. The summed E-state index contributed by atoms with van der Waals surface area (Å²) in [5.41, 5.74) is -0.0197. The smallest absolute Gasteiger partial charge is 0.336 e. The molecule has 1 aliphatic heterocycles. The third-order valence-electron chi connectivity index (χ3n) is 3.79. The van der Waals surface area contributed by atoms with Gasteiger partial charge in [0.05, 0.1) is 25.3 Å². The average molecular weight is 346 g/mol. The fourth-order valence-corrected chi connectivity index (χ4v) is 2.68. The van der Waals surface area contributed by atoms with E-state index >= 15 is 0 Å². The highest BCUT2D eigenvalue weighted by Crippen LogP contribution is 2.47. The Bertz CT molecular complexity index is 871. The molecule has 0 saturated carbocycles. The molecule has 0 amide bonds. The minimum Gasteiger partial charge on any atom is -0.493 e. The number of aromatic carboxylic acids is 2. The number of methoxy groups -OCH3 is 2. The predicted octanol–water partition coefficient (Wildman–Crippen LogP) is 2.50. The minimum atomic E-state index is -1.25. The molecule has 0 spiro atoms. The number of rotatable bonds is 5. The van der Waals surface area contributed by atoms with E-state index in [1.807, 2.05) is 0 Å². The largest absolute Gasteiger partial charge is 0.493 e. The maximum atomic E-state index is 11.7. The van der Waals surface area contributed by atoms with Crippen molar-refractivity contribution in [1.82, 2.24) is 0 Å². The third kappa shape index (κ3) is 2.67. The van der Waals surface area contributed by atoms with Gasteiger partial charge in [0.15, 0.2) is 23.0 Å². The number of hydrogen-bond donors (Lipinski definition) is 2. The van der Waals surface area contributed by atoms with Crippen LogP contribution in [0.3, 0.4) is 0 Å².